The van der Waals surface area contributed by atoms with E-state index in [4.69, 9.17) is 4.42 Å². The zero-order valence-electron chi connectivity index (χ0n) is 29.1. The Morgan fingerprint density at radius 2 is 1.09 bits per heavy atom. The van der Waals surface area contributed by atoms with E-state index >= 15 is 0 Å². The van der Waals surface area contributed by atoms with E-state index in [0.29, 0.717) is 0 Å². The van der Waals surface area contributed by atoms with Crippen LogP contribution in [0.2, 0.25) is 0 Å². The minimum absolute atomic E-state index is 0.915. The van der Waals surface area contributed by atoms with E-state index in [2.05, 4.69) is 161 Å². The van der Waals surface area contributed by atoms with E-state index in [1.54, 1.807) is 0 Å². The normalized spacial score (nSPS) is 13.8. The number of allylic oxidation sites excluding steroid dienone is 1. The lowest BCUT2D eigenvalue weighted by atomic mass is 9.85. The summed E-state index contributed by atoms with van der Waals surface area (Å²) in [6.07, 6.45) is 6.68. The fraction of sp³-hybridized carbons (Fsp3) is 0.0800. The molecule has 0 atom stereocenters. The summed E-state index contributed by atoms with van der Waals surface area (Å²) >= 11 is 0. The van der Waals surface area contributed by atoms with Crippen LogP contribution in [-0.2, 0) is 19.3 Å². The highest BCUT2D eigenvalue weighted by Crippen LogP contribution is 2.42. The Hall–Kier alpha value is -6.58. The first-order chi connectivity index (χ1) is 26.3. The average molecular weight is 679 g/mol. The molecule has 250 valence electrons. The number of aryl methyl sites for hydroxylation is 3. The van der Waals surface area contributed by atoms with E-state index in [1.807, 2.05) is 6.07 Å². The van der Waals surface area contributed by atoms with Crippen LogP contribution in [0.25, 0.3) is 88.8 Å². The number of fused-ring (bicyclic) bond motifs is 12. The van der Waals surface area contributed by atoms with Crippen molar-refractivity contribution in [2.45, 2.75) is 25.7 Å². The highest BCUT2D eigenvalue weighted by atomic mass is 16.3. The lowest BCUT2D eigenvalue weighted by molar-refractivity contribution is 0.669. The second-order valence-corrected chi connectivity index (χ2v) is 14.7. The molecule has 0 spiro atoms. The van der Waals surface area contributed by atoms with Crippen LogP contribution in [0.3, 0.4) is 0 Å². The van der Waals surface area contributed by atoms with Crippen molar-refractivity contribution in [1.82, 2.24) is 9.13 Å². The maximum Gasteiger partial charge on any atom is 0.135 e. The Bertz CT molecular complexity index is 3180. The fourth-order valence-electron chi connectivity index (χ4n) is 9.49. The standard InChI is InChI=1S/C50H34N2O/c1-2-10-37-31(9-1)17-18-32-19-22-35(29-43(32)37)51-45-14-6-3-11-38(45)40-24-20-33(27-47(40)51)34-21-25-41-39-12-4-7-15-46(39)52(48(41)28-34)36-23-26-50-44(30-36)42-13-5-8-16-49(42)53-50/h1-16,19,21-23,25-30H,17-18,20,24H2. The van der Waals surface area contributed by atoms with Gasteiger partial charge in [-0.05, 0) is 125 Å². The van der Waals surface area contributed by atoms with E-state index in [-0.39, 0.29) is 0 Å². The third kappa shape index (κ3) is 4.22. The van der Waals surface area contributed by atoms with Gasteiger partial charge in [0.05, 0.1) is 22.2 Å². The topological polar surface area (TPSA) is 23.0 Å². The lowest BCUT2D eigenvalue weighted by Crippen LogP contribution is -2.07. The van der Waals surface area contributed by atoms with Gasteiger partial charge in [-0.25, -0.2) is 0 Å². The number of para-hydroxylation sites is 3. The van der Waals surface area contributed by atoms with Gasteiger partial charge in [0.1, 0.15) is 11.2 Å². The molecule has 7 aromatic carbocycles. The van der Waals surface area contributed by atoms with Crippen molar-refractivity contribution in [3.63, 3.8) is 0 Å². The molecule has 0 saturated carbocycles. The van der Waals surface area contributed by atoms with Crippen LogP contribution in [0, 0.1) is 0 Å². The summed E-state index contributed by atoms with van der Waals surface area (Å²) in [5.74, 6) is 0. The molecule has 0 unspecified atom stereocenters. The van der Waals surface area contributed by atoms with Crippen LogP contribution in [-0.4, -0.2) is 9.13 Å². The summed E-state index contributed by atoms with van der Waals surface area (Å²) in [7, 11) is 0. The van der Waals surface area contributed by atoms with Crippen molar-refractivity contribution in [2.24, 2.45) is 0 Å². The number of benzene rings is 7. The molecule has 3 aromatic heterocycles. The van der Waals surface area contributed by atoms with Crippen LogP contribution < -0.4 is 0 Å². The first kappa shape index (κ1) is 29.0. The van der Waals surface area contributed by atoms with Crippen molar-refractivity contribution in [1.29, 1.82) is 0 Å². The van der Waals surface area contributed by atoms with Gasteiger partial charge in [0, 0.05) is 38.3 Å². The van der Waals surface area contributed by atoms with Gasteiger partial charge in [-0.3, -0.25) is 0 Å². The summed E-state index contributed by atoms with van der Waals surface area (Å²) in [6, 6.07) is 55.9. The molecular formula is C50H34N2O. The number of furan rings is 1. The molecule has 12 rings (SSSR count). The Morgan fingerprint density at radius 3 is 2.00 bits per heavy atom. The third-order valence-electron chi connectivity index (χ3n) is 12.0. The number of hydrogen-bond donors (Lipinski definition) is 0. The van der Waals surface area contributed by atoms with Crippen LogP contribution in [0.4, 0.5) is 0 Å². The number of rotatable bonds is 3. The quantitative estimate of drug-likeness (QED) is 0.182. The third-order valence-corrected chi connectivity index (χ3v) is 12.0. The van der Waals surface area contributed by atoms with Crippen molar-refractivity contribution in [3.05, 3.63) is 180 Å². The summed E-state index contributed by atoms with van der Waals surface area (Å²) in [6.45, 7) is 0. The Kier molecular flexibility index (Phi) is 6.01. The summed E-state index contributed by atoms with van der Waals surface area (Å²) < 4.78 is 11.2. The Labute approximate surface area is 306 Å². The number of aromatic nitrogens is 2. The summed E-state index contributed by atoms with van der Waals surface area (Å²) in [5.41, 5.74) is 18.9. The largest absolute Gasteiger partial charge is 0.456 e. The first-order valence-electron chi connectivity index (χ1n) is 18.8. The van der Waals surface area contributed by atoms with Gasteiger partial charge in [0.2, 0.25) is 0 Å². The monoisotopic (exact) mass is 678 g/mol. The first-order valence-corrected chi connectivity index (χ1v) is 18.8. The van der Waals surface area contributed by atoms with Crippen LogP contribution >= 0.6 is 0 Å². The van der Waals surface area contributed by atoms with Crippen LogP contribution in [0.5, 0.6) is 0 Å². The lowest BCUT2D eigenvalue weighted by Gasteiger charge is -2.22. The number of nitrogens with zero attached hydrogens (tertiary/aromatic N) is 2. The van der Waals surface area contributed by atoms with E-state index in [0.717, 1.165) is 53.3 Å². The molecule has 0 fully saturated rings. The van der Waals surface area contributed by atoms with Crippen molar-refractivity contribution >= 4 is 66.3 Å². The van der Waals surface area contributed by atoms with Gasteiger partial charge >= 0.3 is 0 Å². The summed E-state index contributed by atoms with van der Waals surface area (Å²) in [4.78, 5) is 0. The molecule has 3 heteroatoms. The van der Waals surface area contributed by atoms with E-state index in [1.165, 1.54) is 83.0 Å². The highest BCUT2D eigenvalue weighted by Gasteiger charge is 2.24. The molecule has 0 saturated heterocycles. The van der Waals surface area contributed by atoms with E-state index in [9.17, 15) is 0 Å². The fourth-order valence-corrected chi connectivity index (χ4v) is 9.49. The zero-order chi connectivity index (χ0) is 34.6. The molecule has 0 amide bonds. The predicted molar refractivity (Wildman–Crippen MR) is 220 cm³/mol. The van der Waals surface area contributed by atoms with Crippen molar-refractivity contribution in [2.75, 3.05) is 0 Å². The van der Waals surface area contributed by atoms with Crippen LogP contribution in [0.1, 0.15) is 34.4 Å². The Morgan fingerprint density at radius 1 is 0.415 bits per heavy atom. The van der Waals surface area contributed by atoms with Gasteiger partial charge < -0.3 is 13.6 Å². The second kappa shape index (κ2) is 11.0. The van der Waals surface area contributed by atoms with Gasteiger partial charge in [0.25, 0.3) is 0 Å². The van der Waals surface area contributed by atoms with E-state index < -0.39 is 0 Å². The highest BCUT2D eigenvalue weighted by molar-refractivity contribution is 6.11. The second-order valence-electron chi connectivity index (χ2n) is 14.7. The van der Waals surface area contributed by atoms with Gasteiger partial charge in [-0.1, -0.05) is 97.1 Å². The maximum atomic E-state index is 6.21. The van der Waals surface area contributed by atoms with Gasteiger partial charge in [-0.2, -0.15) is 0 Å². The van der Waals surface area contributed by atoms with Gasteiger partial charge in [0.15, 0.2) is 0 Å². The van der Waals surface area contributed by atoms with Crippen LogP contribution in [0.15, 0.2) is 156 Å². The molecule has 2 aliphatic carbocycles. The molecule has 0 aliphatic heterocycles. The molecule has 0 bridgehead atoms. The minimum atomic E-state index is 0.915. The molecule has 3 heterocycles. The number of hydrogen-bond acceptors (Lipinski definition) is 1. The SMILES string of the molecule is C1=C(c2ccc3c4ccccc4n(-c4ccc5oc6ccccc6c5c4)c3c2)CCc2c1n(-c1ccc3c(c1)-c1ccccc1CC3)c1ccccc21. The molecule has 0 radical (unpaired) electrons. The summed E-state index contributed by atoms with van der Waals surface area (Å²) in [5, 5.41) is 6.17. The maximum absolute atomic E-state index is 6.21. The molecule has 53 heavy (non-hydrogen) atoms. The molecule has 0 N–H and O–H groups in total. The zero-order valence-corrected chi connectivity index (χ0v) is 29.1. The Balaban J connectivity index is 1.05. The molecule has 10 aromatic rings. The van der Waals surface area contributed by atoms with Gasteiger partial charge in [-0.15, -0.1) is 0 Å². The molecular weight excluding hydrogens is 645 g/mol. The molecule has 3 nitrogen and oxygen atoms in total. The van der Waals surface area contributed by atoms with Crippen molar-refractivity contribution < 1.29 is 4.42 Å². The smallest absolute Gasteiger partial charge is 0.135 e. The molecule has 2 aliphatic rings. The minimum Gasteiger partial charge on any atom is -0.456 e. The predicted octanol–water partition coefficient (Wildman–Crippen LogP) is 12.9. The average Bonchev–Trinajstić information content (AvgIpc) is 3.87. The van der Waals surface area contributed by atoms with Crippen molar-refractivity contribution in [3.8, 4) is 22.5 Å².